The highest BCUT2D eigenvalue weighted by molar-refractivity contribution is 6.21. The van der Waals surface area contributed by atoms with Crippen molar-refractivity contribution in [3.05, 3.63) is 71.3 Å². The number of hydrogen-bond acceptors (Lipinski definition) is 4. The molecular formula is C25H27N3O5. The summed E-state index contributed by atoms with van der Waals surface area (Å²) in [6, 6.07) is 11.9. The van der Waals surface area contributed by atoms with Crippen molar-refractivity contribution >= 4 is 35.2 Å². The molecule has 3 rings (SSSR count). The average Bonchev–Trinajstić information content (AvgIpc) is 2.98. The van der Waals surface area contributed by atoms with Crippen molar-refractivity contribution < 1.29 is 24.3 Å². The van der Waals surface area contributed by atoms with Gasteiger partial charge in [-0.15, -0.1) is 0 Å². The van der Waals surface area contributed by atoms with Crippen LogP contribution in [0.2, 0.25) is 0 Å². The van der Waals surface area contributed by atoms with Crippen LogP contribution in [0.15, 0.2) is 54.6 Å². The smallest absolute Gasteiger partial charge is 0.409 e. The molecule has 0 spiro atoms. The van der Waals surface area contributed by atoms with Gasteiger partial charge >= 0.3 is 6.09 Å². The third-order valence-corrected chi connectivity index (χ3v) is 5.26. The number of fused-ring (bicyclic) bond motifs is 1. The average molecular weight is 450 g/mol. The Bertz CT molecular complexity index is 1100. The second kappa shape index (κ2) is 9.68. The Kier molecular flexibility index (Phi) is 6.96. The summed E-state index contributed by atoms with van der Waals surface area (Å²) in [6.45, 7) is 6.17. The number of allylic oxidation sites excluding steroid dienone is 1. The van der Waals surface area contributed by atoms with Crippen LogP contribution < -0.4 is 10.6 Å². The molecule has 3 N–H and O–H groups in total. The van der Waals surface area contributed by atoms with Crippen LogP contribution in [0.25, 0.3) is 0 Å². The fourth-order valence-corrected chi connectivity index (χ4v) is 3.70. The Labute approximate surface area is 192 Å². The lowest BCUT2D eigenvalue weighted by molar-refractivity contribution is -0.111. The van der Waals surface area contributed by atoms with Gasteiger partial charge in [-0.3, -0.25) is 24.6 Å². The molecule has 0 fully saturated rings. The van der Waals surface area contributed by atoms with Crippen molar-refractivity contribution in [3.8, 4) is 0 Å². The van der Waals surface area contributed by atoms with Crippen LogP contribution in [0.5, 0.6) is 0 Å². The van der Waals surface area contributed by atoms with Gasteiger partial charge in [0, 0.05) is 6.54 Å². The first-order valence-electron chi connectivity index (χ1n) is 10.7. The Morgan fingerprint density at radius 3 is 2.18 bits per heavy atom. The van der Waals surface area contributed by atoms with Gasteiger partial charge in [0.25, 0.3) is 11.8 Å². The van der Waals surface area contributed by atoms with E-state index in [-0.39, 0.29) is 23.8 Å². The molecule has 2 aromatic rings. The van der Waals surface area contributed by atoms with Crippen LogP contribution in [0.1, 0.15) is 59.9 Å². The van der Waals surface area contributed by atoms with Gasteiger partial charge in [0.15, 0.2) is 0 Å². The normalized spacial score (nSPS) is 13.4. The number of anilines is 2. The molecule has 0 bridgehead atoms. The molecule has 2 aromatic carbocycles. The second-order valence-corrected chi connectivity index (χ2v) is 8.75. The summed E-state index contributed by atoms with van der Waals surface area (Å²) in [6.07, 6.45) is 2.81. The van der Waals surface area contributed by atoms with Crippen LogP contribution in [0.4, 0.5) is 16.2 Å². The zero-order valence-corrected chi connectivity index (χ0v) is 18.8. The van der Waals surface area contributed by atoms with E-state index in [1.54, 1.807) is 42.5 Å². The number of carbonyl (C=O) groups excluding carboxylic acids is 3. The number of imide groups is 1. The van der Waals surface area contributed by atoms with E-state index >= 15 is 0 Å². The largest absolute Gasteiger partial charge is 0.465 e. The summed E-state index contributed by atoms with van der Waals surface area (Å²) in [5.41, 5.74) is 2.01. The fourth-order valence-electron chi connectivity index (χ4n) is 3.70. The Morgan fingerprint density at radius 2 is 1.61 bits per heavy atom. The van der Waals surface area contributed by atoms with Crippen LogP contribution >= 0.6 is 0 Å². The SMILES string of the molecule is CC(C)(C)c1cccc(NC(=O)O)c1NC(=O)C=CCCCN1C(=O)c2ccccc2C1=O. The zero-order valence-electron chi connectivity index (χ0n) is 18.8. The highest BCUT2D eigenvalue weighted by atomic mass is 16.4. The van der Waals surface area contributed by atoms with Crippen LogP contribution in [0.3, 0.4) is 0 Å². The van der Waals surface area contributed by atoms with Gasteiger partial charge in [-0.05, 0) is 48.1 Å². The van der Waals surface area contributed by atoms with Crippen molar-refractivity contribution in [2.75, 3.05) is 17.2 Å². The molecule has 0 aromatic heterocycles. The first-order chi connectivity index (χ1) is 15.6. The van der Waals surface area contributed by atoms with Gasteiger partial charge < -0.3 is 10.4 Å². The Hall–Kier alpha value is -3.94. The molecule has 0 radical (unpaired) electrons. The van der Waals surface area contributed by atoms with Crippen LogP contribution in [-0.2, 0) is 10.2 Å². The first-order valence-corrected chi connectivity index (χ1v) is 10.7. The van der Waals surface area contributed by atoms with Gasteiger partial charge in [0.05, 0.1) is 22.5 Å². The molecule has 1 heterocycles. The number of carbonyl (C=O) groups is 4. The second-order valence-electron chi connectivity index (χ2n) is 8.75. The summed E-state index contributed by atoms with van der Waals surface area (Å²) in [4.78, 5) is 49.6. The summed E-state index contributed by atoms with van der Waals surface area (Å²) in [7, 11) is 0. The number of nitrogens with one attached hydrogen (secondary N) is 2. The van der Waals surface area contributed by atoms with E-state index in [1.165, 1.54) is 11.0 Å². The fraction of sp³-hybridized carbons (Fsp3) is 0.280. The number of unbranched alkanes of at least 4 members (excludes halogenated alkanes) is 1. The number of rotatable bonds is 7. The molecule has 0 aliphatic carbocycles. The Morgan fingerprint density at radius 1 is 0.970 bits per heavy atom. The lowest BCUT2D eigenvalue weighted by atomic mass is 9.85. The van der Waals surface area contributed by atoms with Crippen molar-refractivity contribution in [2.45, 2.75) is 39.0 Å². The van der Waals surface area contributed by atoms with E-state index in [9.17, 15) is 19.2 Å². The highest BCUT2D eigenvalue weighted by Crippen LogP contribution is 2.35. The summed E-state index contributed by atoms with van der Waals surface area (Å²) in [5.74, 6) is -0.995. The van der Waals surface area contributed by atoms with E-state index in [2.05, 4.69) is 10.6 Å². The van der Waals surface area contributed by atoms with Gasteiger partial charge in [-0.25, -0.2) is 4.79 Å². The van der Waals surface area contributed by atoms with Crippen molar-refractivity contribution in [1.82, 2.24) is 4.90 Å². The maximum atomic E-state index is 12.5. The highest BCUT2D eigenvalue weighted by Gasteiger charge is 2.34. The first kappa shape index (κ1) is 23.7. The van der Waals surface area contributed by atoms with Crippen LogP contribution in [0, 0.1) is 0 Å². The molecule has 1 aliphatic rings. The molecule has 0 saturated carbocycles. The van der Waals surface area contributed by atoms with Crippen molar-refractivity contribution in [1.29, 1.82) is 0 Å². The maximum absolute atomic E-state index is 12.5. The van der Waals surface area contributed by atoms with E-state index in [4.69, 9.17) is 5.11 Å². The quantitative estimate of drug-likeness (QED) is 0.323. The van der Waals surface area contributed by atoms with Gasteiger partial charge in [-0.2, -0.15) is 0 Å². The number of hydrogen-bond donors (Lipinski definition) is 3. The maximum Gasteiger partial charge on any atom is 0.409 e. The van der Waals surface area contributed by atoms with Gasteiger partial charge in [0.2, 0.25) is 5.91 Å². The monoisotopic (exact) mass is 449 g/mol. The number of para-hydroxylation sites is 1. The number of carboxylic acid groups (broad SMARTS) is 1. The molecule has 0 atom stereocenters. The molecule has 1 aliphatic heterocycles. The van der Waals surface area contributed by atoms with Crippen molar-refractivity contribution in [2.24, 2.45) is 0 Å². The molecule has 0 unspecified atom stereocenters. The zero-order chi connectivity index (χ0) is 24.2. The molecule has 8 nitrogen and oxygen atoms in total. The molecule has 0 saturated heterocycles. The summed E-state index contributed by atoms with van der Waals surface area (Å²) >= 11 is 0. The third-order valence-electron chi connectivity index (χ3n) is 5.26. The molecule has 172 valence electrons. The standard InChI is InChI=1S/C25H27N3O5/c1-25(2,3)18-12-9-13-19(26-24(32)33)21(18)27-20(29)14-5-4-8-15-28-22(30)16-10-6-7-11-17(16)23(28)31/h5-7,9-14,26H,4,8,15H2,1-3H3,(H,27,29)(H,32,33). The number of amides is 4. The molecular weight excluding hydrogens is 422 g/mol. The predicted molar refractivity (Wildman–Crippen MR) is 126 cm³/mol. The minimum Gasteiger partial charge on any atom is -0.465 e. The lowest BCUT2D eigenvalue weighted by Crippen LogP contribution is -2.30. The van der Waals surface area contributed by atoms with E-state index in [0.717, 1.165) is 5.56 Å². The lowest BCUT2D eigenvalue weighted by Gasteiger charge is -2.24. The number of nitrogens with zero attached hydrogens (tertiary/aromatic N) is 1. The molecule has 33 heavy (non-hydrogen) atoms. The van der Waals surface area contributed by atoms with Crippen LogP contribution in [-0.4, -0.2) is 40.4 Å². The number of benzene rings is 2. The summed E-state index contributed by atoms with van der Waals surface area (Å²) in [5, 5.41) is 14.2. The Balaban J connectivity index is 1.60. The van der Waals surface area contributed by atoms with E-state index in [0.29, 0.717) is 35.3 Å². The minimum atomic E-state index is -1.22. The van der Waals surface area contributed by atoms with E-state index in [1.807, 2.05) is 26.8 Å². The van der Waals surface area contributed by atoms with Gasteiger partial charge in [0.1, 0.15) is 0 Å². The predicted octanol–water partition coefficient (Wildman–Crippen LogP) is 4.65. The molecule has 4 amide bonds. The molecule has 8 heteroatoms. The third kappa shape index (κ3) is 5.46. The van der Waals surface area contributed by atoms with Gasteiger partial charge in [-0.1, -0.05) is 51.1 Å². The summed E-state index contributed by atoms with van der Waals surface area (Å²) < 4.78 is 0. The topological polar surface area (TPSA) is 116 Å². The minimum absolute atomic E-state index is 0.262. The van der Waals surface area contributed by atoms with Crippen molar-refractivity contribution in [3.63, 3.8) is 0 Å². The van der Waals surface area contributed by atoms with E-state index < -0.39 is 12.0 Å².